The van der Waals surface area contributed by atoms with Crippen LogP contribution in [0.2, 0.25) is 0 Å². The quantitative estimate of drug-likeness (QED) is 0.263. The van der Waals surface area contributed by atoms with Gasteiger partial charge in [0.15, 0.2) is 0 Å². The summed E-state index contributed by atoms with van der Waals surface area (Å²) < 4.78 is 30.8. The lowest BCUT2D eigenvalue weighted by Gasteiger charge is -2.18. The molecule has 0 aliphatic heterocycles. The van der Waals surface area contributed by atoms with Crippen LogP contribution in [0, 0.1) is 0 Å². The maximum Gasteiger partial charge on any atom is 0.312 e. The van der Waals surface area contributed by atoms with Gasteiger partial charge in [-0.15, -0.1) is 0 Å². The summed E-state index contributed by atoms with van der Waals surface area (Å²) in [6.07, 6.45) is 12.9. The van der Waals surface area contributed by atoms with Crippen LogP contribution in [0.5, 0.6) is 5.75 Å². The van der Waals surface area contributed by atoms with E-state index < -0.39 is 10.1 Å². The molecule has 3 nitrogen and oxygen atoms in total. The molecule has 1 atom stereocenters. The highest BCUT2D eigenvalue weighted by atomic mass is 32.2. The van der Waals surface area contributed by atoms with Crippen LogP contribution in [-0.4, -0.2) is 13.7 Å². The van der Waals surface area contributed by atoms with Gasteiger partial charge in [-0.05, 0) is 25.0 Å². The van der Waals surface area contributed by atoms with Crippen LogP contribution >= 0.6 is 0 Å². The highest BCUT2D eigenvalue weighted by Crippen LogP contribution is 2.23. The zero-order valence-electron chi connectivity index (χ0n) is 16.1. The second-order valence-corrected chi connectivity index (χ2v) is 8.74. The van der Waals surface area contributed by atoms with Crippen LogP contribution < -0.4 is 4.18 Å². The molecule has 144 valence electrons. The Bertz CT molecular complexity index is 525. The van der Waals surface area contributed by atoms with E-state index in [9.17, 15) is 8.42 Å². The molecule has 0 heterocycles. The SMILES string of the molecule is CCCCCCCCC(CCCCCC)S(=O)(=O)Oc1ccccc1. The molecule has 4 heteroatoms. The lowest BCUT2D eigenvalue weighted by Crippen LogP contribution is -2.26. The minimum absolute atomic E-state index is 0.379. The van der Waals surface area contributed by atoms with Crippen molar-refractivity contribution >= 4 is 10.1 Å². The van der Waals surface area contributed by atoms with Gasteiger partial charge in [0.05, 0.1) is 5.25 Å². The first kappa shape index (κ1) is 22.0. The van der Waals surface area contributed by atoms with Gasteiger partial charge in [-0.3, -0.25) is 0 Å². The van der Waals surface area contributed by atoms with Crippen molar-refractivity contribution in [2.24, 2.45) is 0 Å². The topological polar surface area (TPSA) is 43.4 Å². The number of hydrogen-bond donors (Lipinski definition) is 0. The number of rotatable bonds is 15. The summed E-state index contributed by atoms with van der Waals surface area (Å²) in [6, 6.07) is 8.87. The smallest absolute Gasteiger partial charge is 0.312 e. The first-order valence-corrected chi connectivity index (χ1v) is 11.6. The summed E-state index contributed by atoms with van der Waals surface area (Å²) in [7, 11) is -3.56. The largest absolute Gasteiger partial charge is 0.382 e. The Morgan fingerprint density at radius 3 is 1.80 bits per heavy atom. The molecule has 1 aromatic carbocycles. The number of para-hydroxylation sites is 1. The first-order valence-electron chi connectivity index (χ1n) is 10.1. The van der Waals surface area contributed by atoms with E-state index in [2.05, 4.69) is 13.8 Å². The third kappa shape index (κ3) is 9.88. The molecule has 0 saturated carbocycles. The van der Waals surface area contributed by atoms with Crippen LogP contribution in [0.3, 0.4) is 0 Å². The summed E-state index contributed by atoms with van der Waals surface area (Å²) in [4.78, 5) is 0. The van der Waals surface area contributed by atoms with Crippen LogP contribution in [0.25, 0.3) is 0 Å². The van der Waals surface area contributed by atoms with Gasteiger partial charge in [0.25, 0.3) is 0 Å². The lowest BCUT2D eigenvalue weighted by atomic mass is 10.0. The molecule has 0 fully saturated rings. The summed E-state index contributed by atoms with van der Waals surface area (Å²) in [6.45, 7) is 4.38. The minimum Gasteiger partial charge on any atom is -0.382 e. The van der Waals surface area contributed by atoms with Crippen molar-refractivity contribution < 1.29 is 12.6 Å². The normalized spacial score (nSPS) is 12.9. The highest BCUT2D eigenvalue weighted by molar-refractivity contribution is 7.87. The van der Waals surface area contributed by atoms with Crippen LogP contribution in [-0.2, 0) is 10.1 Å². The maximum atomic E-state index is 12.7. The predicted molar refractivity (Wildman–Crippen MR) is 107 cm³/mol. The Labute approximate surface area is 155 Å². The van der Waals surface area contributed by atoms with E-state index in [1.54, 1.807) is 24.3 Å². The van der Waals surface area contributed by atoms with Crippen LogP contribution in [0.4, 0.5) is 0 Å². The molecule has 1 aromatic rings. The summed E-state index contributed by atoms with van der Waals surface area (Å²) in [5, 5.41) is -0.379. The lowest BCUT2D eigenvalue weighted by molar-refractivity contribution is 0.447. The molecule has 0 aliphatic rings. The Balaban J connectivity index is 2.55. The zero-order valence-corrected chi connectivity index (χ0v) is 16.9. The van der Waals surface area contributed by atoms with Crippen molar-refractivity contribution in [3.8, 4) is 5.75 Å². The molecular weight excluding hydrogens is 332 g/mol. The molecule has 1 rings (SSSR count). The first-order chi connectivity index (χ1) is 12.1. The van der Waals surface area contributed by atoms with Gasteiger partial charge in [0, 0.05) is 0 Å². The van der Waals surface area contributed by atoms with Gasteiger partial charge in [-0.1, -0.05) is 96.3 Å². The molecule has 0 radical (unpaired) electrons. The summed E-state index contributed by atoms with van der Waals surface area (Å²) >= 11 is 0. The van der Waals surface area contributed by atoms with E-state index in [4.69, 9.17) is 4.18 Å². The fourth-order valence-electron chi connectivity index (χ4n) is 3.06. The number of benzene rings is 1. The van der Waals surface area contributed by atoms with Gasteiger partial charge >= 0.3 is 10.1 Å². The predicted octanol–water partition coefficient (Wildman–Crippen LogP) is 6.48. The Morgan fingerprint density at radius 1 is 0.760 bits per heavy atom. The van der Waals surface area contributed by atoms with Gasteiger partial charge in [-0.2, -0.15) is 8.42 Å². The molecule has 0 amide bonds. The maximum absolute atomic E-state index is 12.7. The van der Waals surface area contributed by atoms with E-state index in [1.807, 2.05) is 6.07 Å². The molecule has 0 aliphatic carbocycles. The van der Waals surface area contributed by atoms with E-state index in [1.165, 1.54) is 32.1 Å². The average molecular weight is 369 g/mol. The molecule has 0 saturated heterocycles. The Hall–Kier alpha value is -1.03. The molecule has 0 aromatic heterocycles. The van der Waals surface area contributed by atoms with Crippen LogP contribution in [0.1, 0.15) is 90.9 Å². The van der Waals surface area contributed by atoms with Crippen molar-refractivity contribution in [3.63, 3.8) is 0 Å². The standard InChI is InChI=1S/C21H36O3S/c1-3-5-7-9-10-15-19-21(18-14-8-6-4-2)25(22,23)24-20-16-12-11-13-17-20/h11-13,16-17,21H,3-10,14-15,18-19H2,1-2H3. The fraction of sp³-hybridized carbons (Fsp3) is 0.714. The van der Waals surface area contributed by atoms with E-state index in [0.29, 0.717) is 18.6 Å². The monoisotopic (exact) mass is 368 g/mol. The van der Waals surface area contributed by atoms with E-state index in [0.717, 1.165) is 32.1 Å². The van der Waals surface area contributed by atoms with Gasteiger partial charge in [0.1, 0.15) is 5.75 Å². The van der Waals surface area contributed by atoms with E-state index in [-0.39, 0.29) is 5.25 Å². The fourth-order valence-corrected chi connectivity index (χ4v) is 4.49. The molecule has 1 unspecified atom stereocenters. The molecule has 0 N–H and O–H groups in total. The van der Waals surface area contributed by atoms with E-state index >= 15 is 0 Å². The molecule has 0 bridgehead atoms. The third-order valence-electron chi connectivity index (χ3n) is 4.62. The van der Waals surface area contributed by atoms with Crippen molar-refractivity contribution in [1.82, 2.24) is 0 Å². The molecular formula is C21H36O3S. The number of hydrogen-bond acceptors (Lipinski definition) is 3. The zero-order chi connectivity index (χ0) is 18.4. The Kier molecular flexibility index (Phi) is 11.6. The number of unbranched alkanes of at least 4 members (excludes halogenated alkanes) is 8. The van der Waals surface area contributed by atoms with Gasteiger partial charge in [-0.25, -0.2) is 0 Å². The third-order valence-corrected chi connectivity index (χ3v) is 6.34. The van der Waals surface area contributed by atoms with Crippen molar-refractivity contribution in [2.45, 2.75) is 96.1 Å². The minimum atomic E-state index is -3.56. The second-order valence-electron chi connectivity index (χ2n) is 6.92. The second kappa shape index (κ2) is 13.2. The Morgan fingerprint density at radius 2 is 1.24 bits per heavy atom. The molecule has 0 spiro atoms. The highest BCUT2D eigenvalue weighted by Gasteiger charge is 2.26. The molecule has 25 heavy (non-hydrogen) atoms. The van der Waals surface area contributed by atoms with Gasteiger partial charge < -0.3 is 4.18 Å². The van der Waals surface area contributed by atoms with Crippen molar-refractivity contribution in [3.05, 3.63) is 30.3 Å². The van der Waals surface area contributed by atoms with Gasteiger partial charge in [0.2, 0.25) is 0 Å². The van der Waals surface area contributed by atoms with Crippen molar-refractivity contribution in [2.75, 3.05) is 0 Å². The summed E-state index contributed by atoms with van der Waals surface area (Å²) in [5.41, 5.74) is 0. The van der Waals surface area contributed by atoms with Crippen molar-refractivity contribution in [1.29, 1.82) is 0 Å². The summed E-state index contributed by atoms with van der Waals surface area (Å²) in [5.74, 6) is 0.420. The average Bonchev–Trinajstić information content (AvgIpc) is 2.60. The van der Waals surface area contributed by atoms with Crippen LogP contribution in [0.15, 0.2) is 30.3 Å².